The Hall–Kier alpha value is -1.82. The van der Waals surface area contributed by atoms with E-state index in [1.807, 2.05) is 10.6 Å². The highest BCUT2D eigenvalue weighted by molar-refractivity contribution is 5.74. The van der Waals surface area contributed by atoms with Crippen LogP contribution in [0.15, 0.2) is 12.1 Å². The maximum Gasteiger partial charge on any atom is 0.215 e. The monoisotopic (exact) mass is 277 g/mol. The molecule has 6 heteroatoms. The van der Waals surface area contributed by atoms with Crippen LogP contribution in [0.4, 0.5) is 5.95 Å². The van der Waals surface area contributed by atoms with Gasteiger partial charge in [0.1, 0.15) is 5.52 Å². The van der Waals surface area contributed by atoms with Gasteiger partial charge in [-0.1, -0.05) is 13.8 Å². The summed E-state index contributed by atoms with van der Waals surface area (Å²) >= 11 is 0. The molecule has 0 amide bonds. The number of nitrogen functional groups attached to an aromatic ring is 1. The van der Waals surface area contributed by atoms with E-state index in [1.54, 1.807) is 13.2 Å². The van der Waals surface area contributed by atoms with Crippen molar-refractivity contribution < 1.29 is 4.74 Å². The average molecular weight is 277 g/mol. The molecule has 0 atom stereocenters. The van der Waals surface area contributed by atoms with E-state index in [0.717, 1.165) is 43.8 Å². The van der Waals surface area contributed by atoms with Crippen LogP contribution in [0.25, 0.3) is 11.2 Å². The summed E-state index contributed by atoms with van der Waals surface area (Å²) in [5.41, 5.74) is 7.59. The molecule has 2 aromatic rings. The minimum atomic E-state index is 0.514. The predicted octanol–water partition coefficient (Wildman–Crippen LogP) is 1.75. The summed E-state index contributed by atoms with van der Waals surface area (Å²) in [7, 11) is 1.61. The SMILES string of the molecule is CCN(CC)CCCn1c(N)nc2ccc(OC)nc21. The predicted molar refractivity (Wildman–Crippen MR) is 80.9 cm³/mol. The van der Waals surface area contributed by atoms with Crippen LogP contribution in [0, 0.1) is 0 Å². The van der Waals surface area contributed by atoms with Crippen LogP contribution < -0.4 is 10.5 Å². The van der Waals surface area contributed by atoms with Crippen molar-refractivity contribution in [2.75, 3.05) is 32.5 Å². The normalized spacial score (nSPS) is 11.4. The zero-order valence-electron chi connectivity index (χ0n) is 12.5. The van der Waals surface area contributed by atoms with E-state index >= 15 is 0 Å². The lowest BCUT2D eigenvalue weighted by molar-refractivity contribution is 0.294. The van der Waals surface area contributed by atoms with Crippen molar-refractivity contribution in [1.29, 1.82) is 0 Å². The van der Waals surface area contributed by atoms with Crippen molar-refractivity contribution in [2.45, 2.75) is 26.8 Å². The molecule has 0 saturated heterocycles. The van der Waals surface area contributed by atoms with Crippen molar-refractivity contribution in [3.63, 3.8) is 0 Å². The second-order valence-corrected chi connectivity index (χ2v) is 4.70. The van der Waals surface area contributed by atoms with Crippen molar-refractivity contribution in [3.05, 3.63) is 12.1 Å². The van der Waals surface area contributed by atoms with Crippen molar-refractivity contribution in [2.24, 2.45) is 0 Å². The molecule has 0 bridgehead atoms. The van der Waals surface area contributed by atoms with Crippen LogP contribution >= 0.6 is 0 Å². The first-order valence-corrected chi connectivity index (χ1v) is 7.08. The van der Waals surface area contributed by atoms with E-state index in [4.69, 9.17) is 10.5 Å². The van der Waals surface area contributed by atoms with Crippen molar-refractivity contribution in [1.82, 2.24) is 19.4 Å². The molecule has 0 saturated carbocycles. The maximum absolute atomic E-state index is 5.98. The van der Waals surface area contributed by atoms with Crippen LogP contribution in [-0.4, -0.2) is 46.2 Å². The molecule has 2 heterocycles. The second-order valence-electron chi connectivity index (χ2n) is 4.70. The van der Waals surface area contributed by atoms with Gasteiger partial charge in [-0.2, -0.15) is 4.98 Å². The summed E-state index contributed by atoms with van der Waals surface area (Å²) < 4.78 is 7.12. The molecule has 0 aliphatic carbocycles. The van der Waals surface area contributed by atoms with Crippen LogP contribution in [-0.2, 0) is 6.54 Å². The lowest BCUT2D eigenvalue weighted by Crippen LogP contribution is -2.25. The highest BCUT2D eigenvalue weighted by atomic mass is 16.5. The number of ether oxygens (including phenoxy) is 1. The highest BCUT2D eigenvalue weighted by Crippen LogP contribution is 2.19. The van der Waals surface area contributed by atoms with E-state index in [0.29, 0.717) is 11.8 Å². The number of hydrogen-bond acceptors (Lipinski definition) is 5. The van der Waals surface area contributed by atoms with Gasteiger partial charge in [-0.25, -0.2) is 4.98 Å². The van der Waals surface area contributed by atoms with Gasteiger partial charge in [0.25, 0.3) is 0 Å². The highest BCUT2D eigenvalue weighted by Gasteiger charge is 2.10. The minimum Gasteiger partial charge on any atom is -0.481 e. The Morgan fingerprint density at radius 2 is 2.00 bits per heavy atom. The topological polar surface area (TPSA) is 69.2 Å². The Morgan fingerprint density at radius 3 is 2.65 bits per heavy atom. The number of methoxy groups -OCH3 is 1. The molecule has 0 aliphatic rings. The standard InChI is InChI=1S/C14H23N5O/c1-4-18(5-2)9-6-10-19-13-11(16-14(19)15)7-8-12(17-13)20-3/h7-8H,4-6,9-10H2,1-3H3,(H2,15,16). The molecule has 0 fully saturated rings. The van der Waals surface area contributed by atoms with E-state index in [1.165, 1.54) is 0 Å². The second kappa shape index (κ2) is 6.56. The molecule has 2 N–H and O–H groups in total. The van der Waals surface area contributed by atoms with Crippen LogP contribution in [0.5, 0.6) is 5.88 Å². The molecule has 0 radical (unpaired) electrons. The molecular formula is C14H23N5O. The molecular weight excluding hydrogens is 254 g/mol. The summed E-state index contributed by atoms with van der Waals surface area (Å²) in [6, 6.07) is 3.69. The van der Waals surface area contributed by atoms with Gasteiger partial charge in [-0.15, -0.1) is 0 Å². The van der Waals surface area contributed by atoms with E-state index in [2.05, 4.69) is 28.7 Å². The minimum absolute atomic E-state index is 0.514. The number of aryl methyl sites for hydroxylation is 1. The number of hydrogen-bond donors (Lipinski definition) is 1. The summed E-state index contributed by atoms with van der Waals surface area (Å²) in [5.74, 6) is 1.10. The molecule has 20 heavy (non-hydrogen) atoms. The first-order valence-electron chi connectivity index (χ1n) is 7.08. The Bertz CT molecular complexity index is 562. The molecule has 2 aromatic heterocycles. The molecule has 0 aromatic carbocycles. The van der Waals surface area contributed by atoms with E-state index < -0.39 is 0 Å². The van der Waals surface area contributed by atoms with Gasteiger partial charge in [-0.05, 0) is 32.1 Å². The van der Waals surface area contributed by atoms with E-state index in [-0.39, 0.29) is 0 Å². The fraction of sp³-hybridized carbons (Fsp3) is 0.571. The quantitative estimate of drug-likeness (QED) is 0.835. The lowest BCUT2D eigenvalue weighted by atomic mass is 10.3. The Kier molecular flexibility index (Phi) is 4.79. The van der Waals surface area contributed by atoms with Crippen LogP contribution in [0.2, 0.25) is 0 Å². The Morgan fingerprint density at radius 1 is 1.25 bits per heavy atom. The zero-order valence-corrected chi connectivity index (χ0v) is 12.5. The summed E-state index contributed by atoms with van der Waals surface area (Å²) in [6.45, 7) is 8.37. The van der Waals surface area contributed by atoms with Crippen molar-refractivity contribution in [3.8, 4) is 5.88 Å². The number of nitrogens with zero attached hydrogens (tertiary/aromatic N) is 4. The Labute approximate surface area is 119 Å². The third-order valence-corrected chi connectivity index (χ3v) is 3.56. The number of anilines is 1. The first-order chi connectivity index (χ1) is 9.69. The first kappa shape index (κ1) is 14.6. The van der Waals surface area contributed by atoms with Gasteiger partial charge in [0.05, 0.1) is 7.11 Å². The largest absolute Gasteiger partial charge is 0.481 e. The van der Waals surface area contributed by atoms with Gasteiger partial charge >= 0.3 is 0 Å². The lowest BCUT2D eigenvalue weighted by Gasteiger charge is -2.18. The summed E-state index contributed by atoms with van der Waals surface area (Å²) in [6.07, 6.45) is 1.02. The molecule has 0 aliphatic heterocycles. The van der Waals surface area contributed by atoms with Gasteiger partial charge < -0.3 is 15.4 Å². The number of fused-ring (bicyclic) bond motifs is 1. The van der Waals surface area contributed by atoms with Gasteiger partial charge in [-0.3, -0.25) is 4.57 Å². The fourth-order valence-electron chi connectivity index (χ4n) is 2.33. The molecule has 6 nitrogen and oxygen atoms in total. The molecule has 2 rings (SSSR count). The summed E-state index contributed by atoms with van der Waals surface area (Å²) in [5, 5.41) is 0. The average Bonchev–Trinajstić information content (AvgIpc) is 2.78. The number of rotatable bonds is 7. The molecule has 110 valence electrons. The zero-order chi connectivity index (χ0) is 14.5. The van der Waals surface area contributed by atoms with E-state index in [9.17, 15) is 0 Å². The van der Waals surface area contributed by atoms with Gasteiger partial charge in [0.2, 0.25) is 11.8 Å². The number of nitrogens with two attached hydrogens (primary N) is 1. The van der Waals surface area contributed by atoms with Crippen LogP contribution in [0.1, 0.15) is 20.3 Å². The number of pyridine rings is 1. The molecule has 0 spiro atoms. The molecule has 0 unspecified atom stereocenters. The fourth-order valence-corrected chi connectivity index (χ4v) is 2.33. The third kappa shape index (κ3) is 3.01. The maximum atomic E-state index is 5.98. The third-order valence-electron chi connectivity index (χ3n) is 3.56. The number of imidazole rings is 1. The number of aromatic nitrogens is 3. The smallest absolute Gasteiger partial charge is 0.215 e. The van der Waals surface area contributed by atoms with Crippen LogP contribution in [0.3, 0.4) is 0 Å². The van der Waals surface area contributed by atoms with Crippen molar-refractivity contribution >= 4 is 17.1 Å². The summed E-state index contributed by atoms with van der Waals surface area (Å²) in [4.78, 5) is 11.2. The van der Waals surface area contributed by atoms with Gasteiger partial charge in [0.15, 0.2) is 5.65 Å². The van der Waals surface area contributed by atoms with Gasteiger partial charge in [0, 0.05) is 12.6 Å². The Balaban J connectivity index is 2.14.